The monoisotopic (exact) mass is 397 g/mol. The molecule has 29 heavy (non-hydrogen) atoms. The van der Waals surface area contributed by atoms with Crippen molar-refractivity contribution in [3.05, 3.63) is 59.2 Å². The van der Waals surface area contributed by atoms with E-state index in [0.717, 1.165) is 54.1 Å². The van der Waals surface area contributed by atoms with E-state index in [0.29, 0.717) is 19.6 Å². The van der Waals surface area contributed by atoms with E-state index in [4.69, 9.17) is 9.47 Å². The lowest BCUT2D eigenvalue weighted by Crippen LogP contribution is -2.51. The van der Waals surface area contributed by atoms with E-state index in [2.05, 4.69) is 4.90 Å². The second kappa shape index (κ2) is 8.34. The lowest BCUT2D eigenvalue weighted by Gasteiger charge is -2.46. The highest BCUT2D eigenvalue weighted by Gasteiger charge is 2.43. The minimum atomic E-state index is -0.527. The first kappa shape index (κ1) is 20.2. The third-order valence-electron chi connectivity index (χ3n) is 6.19. The van der Waals surface area contributed by atoms with Crippen LogP contribution in [-0.2, 0) is 0 Å². The van der Waals surface area contributed by atoms with Crippen LogP contribution in [0, 0.1) is 6.92 Å². The van der Waals surface area contributed by atoms with E-state index in [9.17, 15) is 10.2 Å². The van der Waals surface area contributed by atoms with Gasteiger partial charge in [0, 0.05) is 31.6 Å². The van der Waals surface area contributed by atoms with Gasteiger partial charge < -0.3 is 24.6 Å². The van der Waals surface area contributed by atoms with Gasteiger partial charge in [0.25, 0.3) is 0 Å². The largest absolute Gasteiger partial charge is 0.494 e. The van der Waals surface area contributed by atoms with Gasteiger partial charge >= 0.3 is 0 Å². The fourth-order valence-corrected chi connectivity index (χ4v) is 4.51. The van der Waals surface area contributed by atoms with Crippen LogP contribution in [0.5, 0.6) is 11.5 Å². The van der Waals surface area contributed by atoms with Gasteiger partial charge in [-0.3, -0.25) is 0 Å². The van der Waals surface area contributed by atoms with Crippen molar-refractivity contribution in [3.8, 4) is 11.5 Å². The molecule has 2 heterocycles. The van der Waals surface area contributed by atoms with Crippen LogP contribution in [0.25, 0.3) is 0 Å². The number of hydrogen-bond acceptors (Lipinski definition) is 5. The molecule has 0 radical (unpaired) electrons. The highest BCUT2D eigenvalue weighted by atomic mass is 16.5. The Morgan fingerprint density at radius 3 is 2.59 bits per heavy atom. The van der Waals surface area contributed by atoms with Gasteiger partial charge in [0.05, 0.1) is 18.8 Å². The maximum atomic E-state index is 10.7. The quantitative estimate of drug-likeness (QED) is 0.804. The van der Waals surface area contributed by atoms with E-state index >= 15 is 0 Å². The van der Waals surface area contributed by atoms with Gasteiger partial charge in [-0.1, -0.05) is 23.8 Å². The molecule has 5 nitrogen and oxygen atoms in total. The average molecular weight is 398 g/mol. The summed E-state index contributed by atoms with van der Waals surface area (Å²) in [6.07, 6.45) is 1.35. The summed E-state index contributed by atoms with van der Waals surface area (Å²) >= 11 is 0. The Bertz CT molecular complexity index is 827. The van der Waals surface area contributed by atoms with E-state index in [-0.39, 0.29) is 5.60 Å². The third-order valence-corrected chi connectivity index (χ3v) is 6.19. The van der Waals surface area contributed by atoms with Gasteiger partial charge in [-0.15, -0.1) is 0 Å². The molecule has 2 aliphatic heterocycles. The number of aliphatic hydroxyl groups is 2. The predicted octanol–water partition coefficient (Wildman–Crippen LogP) is 3.78. The smallest absolute Gasteiger partial charge is 0.125 e. The van der Waals surface area contributed by atoms with E-state index in [1.807, 2.05) is 56.3 Å². The summed E-state index contributed by atoms with van der Waals surface area (Å²) in [4.78, 5) is 2.28. The number of likely N-dealkylation sites (tertiary alicyclic amines) is 1. The summed E-state index contributed by atoms with van der Waals surface area (Å²) in [6, 6.07) is 13.7. The first-order valence-electron chi connectivity index (χ1n) is 10.6. The van der Waals surface area contributed by atoms with E-state index in [1.165, 1.54) is 0 Å². The van der Waals surface area contributed by atoms with Crippen molar-refractivity contribution in [2.24, 2.45) is 0 Å². The van der Waals surface area contributed by atoms with Gasteiger partial charge in [-0.05, 0) is 56.5 Å². The second-order valence-electron chi connectivity index (χ2n) is 8.36. The molecule has 2 aromatic carbocycles. The summed E-state index contributed by atoms with van der Waals surface area (Å²) in [7, 11) is 0. The number of nitrogens with zero attached hydrogens (tertiary/aromatic N) is 1. The van der Waals surface area contributed by atoms with Crippen molar-refractivity contribution < 1.29 is 19.7 Å². The topological polar surface area (TPSA) is 62.2 Å². The highest BCUT2D eigenvalue weighted by molar-refractivity contribution is 5.41. The molecule has 0 unspecified atom stereocenters. The Morgan fingerprint density at radius 1 is 1.17 bits per heavy atom. The molecule has 2 atom stereocenters. The zero-order chi connectivity index (χ0) is 20.4. The van der Waals surface area contributed by atoms with Crippen molar-refractivity contribution in [3.63, 3.8) is 0 Å². The van der Waals surface area contributed by atoms with Crippen LogP contribution < -0.4 is 9.47 Å². The average Bonchev–Trinajstić information content (AvgIpc) is 2.71. The summed E-state index contributed by atoms with van der Waals surface area (Å²) in [6.45, 7) is 6.93. The summed E-state index contributed by atoms with van der Waals surface area (Å²) < 4.78 is 11.9. The Kier molecular flexibility index (Phi) is 5.81. The summed E-state index contributed by atoms with van der Waals surface area (Å²) in [5.41, 5.74) is 2.65. The predicted molar refractivity (Wildman–Crippen MR) is 112 cm³/mol. The number of fused-ring (bicyclic) bond motifs is 1. The molecule has 2 N–H and O–H groups in total. The minimum Gasteiger partial charge on any atom is -0.494 e. The number of hydrogen-bond donors (Lipinski definition) is 2. The molecule has 0 amide bonds. The molecule has 5 heteroatoms. The van der Waals surface area contributed by atoms with Crippen molar-refractivity contribution >= 4 is 0 Å². The zero-order valence-electron chi connectivity index (χ0n) is 17.3. The van der Waals surface area contributed by atoms with Crippen LogP contribution in [0.15, 0.2) is 42.5 Å². The molecule has 0 aromatic heterocycles. The number of piperidine rings is 1. The molecule has 1 saturated heterocycles. The second-order valence-corrected chi connectivity index (χ2v) is 8.36. The van der Waals surface area contributed by atoms with Gasteiger partial charge in [0.15, 0.2) is 0 Å². The lowest BCUT2D eigenvalue weighted by atomic mass is 9.81. The van der Waals surface area contributed by atoms with Crippen LogP contribution in [0.1, 0.15) is 55.1 Å². The normalized spacial score (nSPS) is 22.0. The van der Waals surface area contributed by atoms with Crippen molar-refractivity contribution in [1.29, 1.82) is 0 Å². The van der Waals surface area contributed by atoms with E-state index < -0.39 is 12.2 Å². The molecular weight excluding hydrogens is 366 g/mol. The number of benzene rings is 2. The third kappa shape index (κ3) is 4.42. The van der Waals surface area contributed by atoms with Crippen molar-refractivity contribution in [2.75, 3.05) is 26.2 Å². The van der Waals surface area contributed by atoms with Gasteiger partial charge in [0.1, 0.15) is 17.1 Å². The maximum absolute atomic E-state index is 10.7. The molecule has 1 fully saturated rings. The molecule has 156 valence electrons. The van der Waals surface area contributed by atoms with Crippen LogP contribution in [0.3, 0.4) is 0 Å². The molecular formula is C24H31NO4. The number of aryl methyl sites for hydroxylation is 1. The number of rotatable bonds is 5. The zero-order valence-corrected chi connectivity index (χ0v) is 17.3. The Balaban J connectivity index is 1.35. The Hall–Kier alpha value is -2.08. The first-order chi connectivity index (χ1) is 14.0. The number of aliphatic hydroxyl groups excluding tert-OH is 2. The SMILES string of the molecule is CCOc1ccc([C@H](O)CN2CCC3(CC2)C[C@H](O)c2cc(C)ccc2O3)cc1. The lowest BCUT2D eigenvalue weighted by molar-refractivity contribution is -0.0588. The first-order valence-corrected chi connectivity index (χ1v) is 10.6. The maximum Gasteiger partial charge on any atom is 0.125 e. The van der Waals surface area contributed by atoms with Crippen molar-refractivity contribution in [2.45, 2.75) is 50.9 Å². The van der Waals surface area contributed by atoms with Crippen LogP contribution in [0.4, 0.5) is 0 Å². The fraction of sp³-hybridized carbons (Fsp3) is 0.500. The molecule has 0 bridgehead atoms. The van der Waals surface area contributed by atoms with Crippen LogP contribution in [-0.4, -0.2) is 47.0 Å². The highest BCUT2D eigenvalue weighted by Crippen LogP contribution is 2.44. The molecule has 0 aliphatic carbocycles. The fourth-order valence-electron chi connectivity index (χ4n) is 4.51. The molecule has 0 saturated carbocycles. The van der Waals surface area contributed by atoms with Crippen LogP contribution >= 0.6 is 0 Å². The summed E-state index contributed by atoms with van der Waals surface area (Å²) in [5.74, 6) is 1.64. The minimum absolute atomic E-state index is 0.303. The molecule has 4 rings (SSSR count). The van der Waals surface area contributed by atoms with E-state index in [1.54, 1.807) is 0 Å². The number of β-amino-alcohol motifs (C(OH)–C–C–N with tert-alkyl or cyclic N) is 1. The molecule has 2 aliphatic rings. The van der Waals surface area contributed by atoms with Gasteiger partial charge in [-0.25, -0.2) is 0 Å². The Morgan fingerprint density at radius 2 is 1.90 bits per heavy atom. The molecule has 2 aromatic rings. The van der Waals surface area contributed by atoms with Gasteiger partial charge in [0.2, 0.25) is 0 Å². The van der Waals surface area contributed by atoms with Crippen molar-refractivity contribution in [1.82, 2.24) is 4.90 Å². The van der Waals surface area contributed by atoms with Gasteiger partial charge in [-0.2, -0.15) is 0 Å². The number of ether oxygens (including phenoxy) is 2. The summed E-state index contributed by atoms with van der Waals surface area (Å²) in [5, 5.41) is 21.3. The Labute approximate surface area is 172 Å². The van der Waals surface area contributed by atoms with Crippen LogP contribution in [0.2, 0.25) is 0 Å². The molecule has 1 spiro atoms. The standard InChI is InChI=1S/C24H31NO4/c1-3-28-19-7-5-18(6-8-19)22(27)16-25-12-10-24(11-13-25)15-21(26)20-14-17(2)4-9-23(20)29-24/h4-9,14,21-22,26-27H,3,10-13,15-16H2,1-2H3/t21-,22+/m0/s1.